The van der Waals surface area contributed by atoms with Crippen LogP contribution in [0.5, 0.6) is 0 Å². The summed E-state index contributed by atoms with van der Waals surface area (Å²) in [5.74, 6) is 0. The maximum atomic E-state index is 6.09. The maximum Gasteiger partial charge on any atom is 0.0823 e. The van der Waals surface area contributed by atoms with Crippen LogP contribution in [0.1, 0.15) is 12.6 Å². The summed E-state index contributed by atoms with van der Waals surface area (Å²) < 4.78 is 1.94. The Morgan fingerprint density at radius 3 is 2.88 bits per heavy atom. The number of nitrogens with zero attached hydrogens (tertiary/aromatic N) is 2. The molecule has 0 amide bonds. The molecule has 90 valence electrons. The van der Waals surface area contributed by atoms with Gasteiger partial charge in [0.05, 0.1) is 28.0 Å². The van der Waals surface area contributed by atoms with Crippen molar-refractivity contribution in [1.29, 1.82) is 0 Å². The van der Waals surface area contributed by atoms with Crippen molar-refractivity contribution in [3.8, 4) is 0 Å². The molecule has 1 aromatic carbocycles. The first-order valence-corrected chi connectivity index (χ1v) is 6.16. The molecule has 0 bridgehead atoms. The van der Waals surface area contributed by atoms with Crippen molar-refractivity contribution >= 4 is 28.9 Å². The number of anilines is 1. The Morgan fingerprint density at radius 1 is 1.29 bits per heavy atom. The minimum Gasteiger partial charge on any atom is -0.378 e. The van der Waals surface area contributed by atoms with Crippen molar-refractivity contribution in [1.82, 2.24) is 9.78 Å². The molecule has 0 atom stereocenters. The van der Waals surface area contributed by atoms with Crippen molar-refractivity contribution in [2.45, 2.75) is 20.0 Å². The van der Waals surface area contributed by atoms with Crippen LogP contribution in [0.3, 0.4) is 0 Å². The van der Waals surface area contributed by atoms with E-state index >= 15 is 0 Å². The molecule has 2 aromatic rings. The van der Waals surface area contributed by atoms with E-state index in [1.165, 1.54) is 0 Å². The Kier molecular flexibility index (Phi) is 3.92. The molecule has 1 aromatic heterocycles. The minimum absolute atomic E-state index is 0.553. The molecular weight excluding hydrogens is 257 g/mol. The molecule has 0 aliphatic rings. The minimum atomic E-state index is 0.553. The third kappa shape index (κ3) is 2.73. The molecule has 0 spiro atoms. The average molecular weight is 270 g/mol. The van der Waals surface area contributed by atoms with Crippen LogP contribution >= 0.6 is 23.2 Å². The van der Waals surface area contributed by atoms with Crippen molar-refractivity contribution < 1.29 is 0 Å². The van der Waals surface area contributed by atoms with Crippen molar-refractivity contribution in [2.75, 3.05) is 5.32 Å². The standard InChI is InChI=1S/C12H13Cl2N3/c1-2-17-9(6-7-16-17)8-15-11-5-3-4-10(13)12(11)14/h3-7,15H,2,8H2,1H3. The Bertz CT molecular complexity index is 508. The molecule has 0 aliphatic carbocycles. The fraction of sp³-hybridized carbons (Fsp3) is 0.250. The molecule has 0 radical (unpaired) electrons. The number of nitrogens with one attached hydrogen (secondary N) is 1. The summed E-state index contributed by atoms with van der Waals surface area (Å²) in [6.07, 6.45) is 1.79. The molecule has 0 unspecified atom stereocenters. The zero-order valence-electron chi connectivity index (χ0n) is 9.45. The third-order valence-corrected chi connectivity index (χ3v) is 3.33. The maximum absolute atomic E-state index is 6.09. The second kappa shape index (κ2) is 5.43. The molecule has 1 N–H and O–H groups in total. The topological polar surface area (TPSA) is 29.9 Å². The molecule has 1 heterocycles. The normalized spacial score (nSPS) is 10.5. The van der Waals surface area contributed by atoms with Crippen LogP contribution < -0.4 is 5.32 Å². The largest absolute Gasteiger partial charge is 0.378 e. The highest BCUT2D eigenvalue weighted by atomic mass is 35.5. The number of hydrogen-bond acceptors (Lipinski definition) is 2. The number of benzene rings is 1. The Morgan fingerprint density at radius 2 is 2.12 bits per heavy atom. The summed E-state index contributed by atoms with van der Waals surface area (Å²) >= 11 is 12.0. The lowest BCUT2D eigenvalue weighted by molar-refractivity contribution is 0.627. The third-order valence-electron chi connectivity index (χ3n) is 2.52. The second-order valence-electron chi connectivity index (χ2n) is 3.59. The first kappa shape index (κ1) is 12.3. The molecule has 0 aliphatic heterocycles. The highest BCUT2D eigenvalue weighted by molar-refractivity contribution is 6.43. The zero-order valence-corrected chi connectivity index (χ0v) is 11.0. The summed E-state index contributed by atoms with van der Waals surface area (Å²) in [7, 11) is 0. The molecule has 5 heteroatoms. The van der Waals surface area contributed by atoms with Gasteiger partial charge in [0.1, 0.15) is 0 Å². The van der Waals surface area contributed by atoms with Crippen molar-refractivity contribution in [3.63, 3.8) is 0 Å². The van der Waals surface area contributed by atoms with E-state index in [2.05, 4.69) is 17.3 Å². The van der Waals surface area contributed by atoms with E-state index in [1.54, 1.807) is 12.3 Å². The number of aromatic nitrogens is 2. The quantitative estimate of drug-likeness (QED) is 0.915. The number of rotatable bonds is 4. The number of halogens is 2. The van der Waals surface area contributed by atoms with Crippen LogP contribution in [-0.4, -0.2) is 9.78 Å². The van der Waals surface area contributed by atoms with Crippen LogP contribution in [0.25, 0.3) is 0 Å². The van der Waals surface area contributed by atoms with Gasteiger partial charge in [0.2, 0.25) is 0 Å². The summed E-state index contributed by atoms with van der Waals surface area (Å²) in [6, 6.07) is 7.52. The Labute approximate surface area is 110 Å². The molecule has 2 rings (SSSR count). The van der Waals surface area contributed by atoms with Gasteiger partial charge in [0.15, 0.2) is 0 Å². The van der Waals surface area contributed by atoms with E-state index in [0.29, 0.717) is 16.6 Å². The van der Waals surface area contributed by atoms with E-state index in [4.69, 9.17) is 23.2 Å². The second-order valence-corrected chi connectivity index (χ2v) is 4.38. The SMILES string of the molecule is CCn1nccc1CNc1cccc(Cl)c1Cl. The first-order valence-electron chi connectivity index (χ1n) is 5.41. The van der Waals surface area contributed by atoms with Crippen molar-refractivity contribution in [3.05, 3.63) is 46.2 Å². The molecule has 0 saturated carbocycles. The van der Waals surface area contributed by atoms with E-state index in [1.807, 2.05) is 22.9 Å². The van der Waals surface area contributed by atoms with Crippen LogP contribution in [-0.2, 0) is 13.1 Å². The van der Waals surface area contributed by atoms with Crippen LogP contribution in [0.15, 0.2) is 30.5 Å². The number of hydrogen-bond donors (Lipinski definition) is 1. The van der Waals surface area contributed by atoms with Gasteiger partial charge in [0.25, 0.3) is 0 Å². The Balaban J connectivity index is 2.10. The highest BCUT2D eigenvalue weighted by Crippen LogP contribution is 2.29. The van der Waals surface area contributed by atoms with Gasteiger partial charge in [-0.3, -0.25) is 4.68 Å². The predicted molar refractivity (Wildman–Crippen MR) is 71.7 cm³/mol. The fourth-order valence-corrected chi connectivity index (χ4v) is 1.99. The van der Waals surface area contributed by atoms with Crippen molar-refractivity contribution in [2.24, 2.45) is 0 Å². The lowest BCUT2D eigenvalue weighted by Crippen LogP contribution is -2.08. The van der Waals surface area contributed by atoms with Gasteiger partial charge >= 0.3 is 0 Å². The summed E-state index contributed by atoms with van der Waals surface area (Å²) in [5, 5.41) is 8.57. The van der Waals surface area contributed by atoms with Gasteiger partial charge in [-0.15, -0.1) is 0 Å². The zero-order chi connectivity index (χ0) is 12.3. The molecule has 3 nitrogen and oxygen atoms in total. The molecule has 17 heavy (non-hydrogen) atoms. The van der Waals surface area contributed by atoms with Gasteiger partial charge in [-0.05, 0) is 25.1 Å². The lowest BCUT2D eigenvalue weighted by Gasteiger charge is -2.10. The van der Waals surface area contributed by atoms with E-state index in [9.17, 15) is 0 Å². The predicted octanol–water partition coefficient (Wildman–Crippen LogP) is 3.82. The summed E-state index contributed by atoms with van der Waals surface area (Å²) in [4.78, 5) is 0. The molecule has 0 fully saturated rings. The molecular formula is C12H13Cl2N3. The van der Waals surface area contributed by atoms with Crippen LogP contribution in [0.4, 0.5) is 5.69 Å². The monoisotopic (exact) mass is 269 g/mol. The van der Waals surface area contributed by atoms with E-state index in [0.717, 1.165) is 17.9 Å². The fourth-order valence-electron chi connectivity index (χ4n) is 1.62. The highest BCUT2D eigenvalue weighted by Gasteiger charge is 2.05. The van der Waals surface area contributed by atoms with Gasteiger partial charge in [-0.1, -0.05) is 29.3 Å². The van der Waals surface area contributed by atoms with Crippen LogP contribution in [0.2, 0.25) is 10.0 Å². The van der Waals surface area contributed by atoms with E-state index in [-0.39, 0.29) is 0 Å². The lowest BCUT2D eigenvalue weighted by atomic mass is 10.3. The average Bonchev–Trinajstić information content (AvgIpc) is 2.78. The van der Waals surface area contributed by atoms with Gasteiger partial charge in [0, 0.05) is 12.7 Å². The Hall–Kier alpha value is -1.19. The van der Waals surface area contributed by atoms with E-state index < -0.39 is 0 Å². The smallest absolute Gasteiger partial charge is 0.0823 e. The summed E-state index contributed by atoms with van der Waals surface area (Å²) in [5.41, 5.74) is 1.95. The van der Waals surface area contributed by atoms with Gasteiger partial charge < -0.3 is 5.32 Å². The van der Waals surface area contributed by atoms with Gasteiger partial charge in [-0.25, -0.2) is 0 Å². The first-order chi connectivity index (χ1) is 8.22. The van der Waals surface area contributed by atoms with Gasteiger partial charge in [-0.2, -0.15) is 5.10 Å². The molecule has 0 saturated heterocycles. The summed E-state index contributed by atoms with van der Waals surface area (Å²) in [6.45, 7) is 3.59. The number of aryl methyl sites for hydroxylation is 1. The van der Waals surface area contributed by atoms with Crippen LogP contribution in [0, 0.1) is 0 Å².